The molecule has 1 aliphatic rings. The van der Waals surface area contributed by atoms with Gasteiger partial charge < -0.3 is 5.32 Å². The van der Waals surface area contributed by atoms with Crippen LogP contribution in [0.3, 0.4) is 0 Å². The second kappa shape index (κ2) is 5.81. The first kappa shape index (κ1) is 15.7. The summed E-state index contributed by atoms with van der Waals surface area (Å²) in [7, 11) is 0. The van der Waals surface area contributed by atoms with Gasteiger partial charge in [-0.3, -0.25) is 15.2 Å². The highest BCUT2D eigenvalue weighted by molar-refractivity contribution is 5.67. The summed E-state index contributed by atoms with van der Waals surface area (Å²) < 4.78 is 0. The van der Waals surface area contributed by atoms with E-state index in [1.807, 2.05) is 13.8 Å². The standard InChI is InChI=1S/C17H17N5O2/c1-9(2)15-12(7-18)14(13-8-19-21-17(13)20-15)11-6-4-5-10(3)16(11)22(23)24/h4-6,8-9,14H,1-3H3,(H2,19,20,21). The van der Waals surface area contributed by atoms with Crippen LogP contribution in [0.5, 0.6) is 0 Å². The normalized spacial score (nSPS) is 16.5. The van der Waals surface area contributed by atoms with E-state index in [4.69, 9.17) is 0 Å². The van der Waals surface area contributed by atoms with Gasteiger partial charge in [-0.05, 0) is 12.8 Å². The van der Waals surface area contributed by atoms with Crippen molar-refractivity contribution < 1.29 is 4.92 Å². The lowest BCUT2D eigenvalue weighted by Crippen LogP contribution is -2.21. The first-order chi connectivity index (χ1) is 11.5. The predicted octanol–water partition coefficient (Wildman–Crippen LogP) is 3.62. The zero-order chi connectivity index (χ0) is 17.4. The molecule has 0 saturated carbocycles. The lowest BCUT2D eigenvalue weighted by Gasteiger charge is -2.27. The highest BCUT2D eigenvalue weighted by Gasteiger charge is 2.36. The Bertz CT molecular complexity index is 889. The third-order valence-corrected chi connectivity index (χ3v) is 4.27. The molecule has 2 heterocycles. The van der Waals surface area contributed by atoms with Gasteiger partial charge in [0.2, 0.25) is 0 Å². The monoisotopic (exact) mass is 323 g/mol. The quantitative estimate of drug-likeness (QED) is 0.662. The number of aromatic amines is 1. The Kier molecular flexibility index (Phi) is 3.81. The minimum absolute atomic E-state index is 0.0485. The van der Waals surface area contributed by atoms with Gasteiger partial charge in [-0.15, -0.1) is 0 Å². The number of nitro groups is 1. The van der Waals surface area contributed by atoms with Crippen molar-refractivity contribution in [3.05, 3.63) is 62.5 Å². The number of aryl methyl sites for hydroxylation is 1. The first-order valence-electron chi connectivity index (χ1n) is 7.64. The van der Waals surface area contributed by atoms with Crippen LogP contribution in [0.2, 0.25) is 0 Å². The average Bonchev–Trinajstić information content (AvgIpc) is 3.00. The van der Waals surface area contributed by atoms with Gasteiger partial charge in [0.05, 0.1) is 22.5 Å². The molecule has 0 spiro atoms. The van der Waals surface area contributed by atoms with E-state index >= 15 is 0 Å². The molecule has 7 nitrogen and oxygen atoms in total. The van der Waals surface area contributed by atoms with Crippen LogP contribution in [-0.2, 0) is 0 Å². The van der Waals surface area contributed by atoms with Crippen LogP contribution < -0.4 is 5.32 Å². The van der Waals surface area contributed by atoms with Crippen molar-refractivity contribution in [3.8, 4) is 6.07 Å². The molecule has 1 aromatic heterocycles. The third kappa shape index (κ3) is 2.33. The molecule has 1 aliphatic heterocycles. The SMILES string of the molecule is Cc1cccc(C2C(C#N)=C(C(C)C)Nc3n[nH]cc32)c1[N+](=O)[O-]. The van der Waals surface area contributed by atoms with Gasteiger partial charge in [-0.1, -0.05) is 32.0 Å². The zero-order valence-corrected chi connectivity index (χ0v) is 13.6. The molecular formula is C17H17N5O2. The Morgan fingerprint density at radius 1 is 1.38 bits per heavy atom. The Morgan fingerprint density at radius 3 is 2.75 bits per heavy atom. The fourth-order valence-electron chi connectivity index (χ4n) is 3.19. The number of nitro benzene ring substituents is 1. The van der Waals surface area contributed by atoms with Crippen LogP contribution >= 0.6 is 0 Å². The topological polar surface area (TPSA) is 108 Å². The summed E-state index contributed by atoms with van der Waals surface area (Å²) in [6.45, 7) is 5.65. The van der Waals surface area contributed by atoms with Gasteiger partial charge in [0.25, 0.3) is 5.69 Å². The lowest BCUT2D eigenvalue weighted by atomic mass is 9.80. The number of aromatic nitrogens is 2. The molecule has 2 aromatic rings. The summed E-state index contributed by atoms with van der Waals surface area (Å²) in [4.78, 5) is 11.2. The molecule has 1 unspecified atom stereocenters. The molecule has 0 bridgehead atoms. The number of nitrogens with one attached hydrogen (secondary N) is 2. The summed E-state index contributed by atoms with van der Waals surface area (Å²) in [6.07, 6.45) is 1.69. The molecule has 0 saturated heterocycles. The smallest absolute Gasteiger partial charge is 0.276 e. The molecule has 7 heteroatoms. The van der Waals surface area contributed by atoms with E-state index in [1.54, 1.807) is 31.3 Å². The van der Waals surface area contributed by atoms with Crippen molar-refractivity contribution in [2.75, 3.05) is 5.32 Å². The van der Waals surface area contributed by atoms with Gasteiger partial charge in [-0.2, -0.15) is 10.4 Å². The molecule has 1 aromatic carbocycles. The van der Waals surface area contributed by atoms with Crippen molar-refractivity contribution in [2.24, 2.45) is 5.92 Å². The van der Waals surface area contributed by atoms with Gasteiger partial charge in [-0.25, -0.2) is 0 Å². The Balaban J connectivity index is 2.32. The molecule has 1 atom stereocenters. The van der Waals surface area contributed by atoms with Crippen molar-refractivity contribution in [2.45, 2.75) is 26.7 Å². The van der Waals surface area contributed by atoms with Gasteiger partial charge in [0.1, 0.15) is 0 Å². The number of fused-ring (bicyclic) bond motifs is 1. The minimum Gasteiger partial charge on any atom is -0.341 e. The highest BCUT2D eigenvalue weighted by Crippen LogP contribution is 2.45. The maximum absolute atomic E-state index is 11.6. The maximum atomic E-state index is 11.6. The first-order valence-corrected chi connectivity index (χ1v) is 7.64. The zero-order valence-electron chi connectivity index (χ0n) is 13.6. The molecule has 24 heavy (non-hydrogen) atoms. The third-order valence-electron chi connectivity index (χ3n) is 4.27. The van der Waals surface area contributed by atoms with Crippen molar-refractivity contribution in [1.82, 2.24) is 10.2 Å². The van der Waals surface area contributed by atoms with E-state index in [0.29, 0.717) is 22.5 Å². The molecule has 2 N–H and O–H groups in total. The molecule has 0 radical (unpaired) electrons. The molecule has 0 amide bonds. The molecular weight excluding hydrogens is 306 g/mol. The highest BCUT2D eigenvalue weighted by atomic mass is 16.6. The fourth-order valence-corrected chi connectivity index (χ4v) is 3.19. The summed E-state index contributed by atoms with van der Waals surface area (Å²) in [5.74, 6) is 0.164. The number of anilines is 1. The Morgan fingerprint density at radius 2 is 2.12 bits per heavy atom. The number of nitrogens with zero attached hydrogens (tertiary/aromatic N) is 3. The second-order valence-corrected chi connectivity index (χ2v) is 6.11. The van der Waals surface area contributed by atoms with Crippen molar-refractivity contribution in [3.63, 3.8) is 0 Å². The van der Waals surface area contributed by atoms with Crippen LogP contribution in [0.15, 0.2) is 35.7 Å². The molecule has 0 fully saturated rings. The molecule has 3 rings (SSSR count). The minimum atomic E-state index is -0.511. The van der Waals surface area contributed by atoms with Crippen LogP contribution in [0, 0.1) is 34.3 Å². The summed E-state index contributed by atoms with van der Waals surface area (Å²) in [6, 6.07) is 7.46. The number of hydrogen-bond acceptors (Lipinski definition) is 5. The van der Waals surface area contributed by atoms with Crippen LogP contribution in [-0.4, -0.2) is 15.1 Å². The lowest BCUT2D eigenvalue weighted by molar-refractivity contribution is -0.386. The van der Waals surface area contributed by atoms with Gasteiger partial charge in [0, 0.05) is 28.6 Å². The second-order valence-electron chi connectivity index (χ2n) is 6.11. The maximum Gasteiger partial charge on any atom is 0.276 e. The number of benzene rings is 1. The van der Waals surface area contributed by atoms with E-state index in [1.165, 1.54) is 0 Å². The van der Waals surface area contributed by atoms with E-state index in [9.17, 15) is 15.4 Å². The number of para-hydroxylation sites is 1. The van der Waals surface area contributed by atoms with Crippen LogP contribution in [0.4, 0.5) is 11.5 Å². The van der Waals surface area contributed by atoms with Gasteiger partial charge in [0.15, 0.2) is 5.82 Å². The largest absolute Gasteiger partial charge is 0.341 e. The summed E-state index contributed by atoms with van der Waals surface area (Å²) in [5.41, 5.74) is 3.12. The number of rotatable bonds is 3. The Hall–Kier alpha value is -3.14. The van der Waals surface area contributed by atoms with Crippen molar-refractivity contribution >= 4 is 11.5 Å². The van der Waals surface area contributed by atoms with E-state index in [0.717, 1.165) is 11.3 Å². The summed E-state index contributed by atoms with van der Waals surface area (Å²) >= 11 is 0. The van der Waals surface area contributed by atoms with E-state index < -0.39 is 5.92 Å². The average molecular weight is 323 g/mol. The number of hydrogen-bond donors (Lipinski definition) is 2. The number of nitriles is 1. The van der Waals surface area contributed by atoms with Crippen molar-refractivity contribution in [1.29, 1.82) is 5.26 Å². The van der Waals surface area contributed by atoms with Gasteiger partial charge >= 0.3 is 0 Å². The van der Waals surface area contributed by atoms with E-state index in [2.05, 4.69) is 21.6 Å². The number of allylic oxidation sites excluding steroid dienone is 2. The molecule has 122 valence electrons. The fraction of sp³-hybridized carbons (Fsp3) is 0.294. The van der Waals surface area contributed by atoms with E-state index in [-0.39, 0.29) is 16.5 Å². The summed E-state index contributed by atoms with van der Waals surface area (Å²) in [5, 5.41) is 31.5. The molecule has 0 aliphatic carbocycles. The number of H-pyrrole nitrogens is 1. The van der Waals surface area contributed by atoms with Crippen LogP contribution in [0.25, 0.3) is 0 Å². The van der Waals surface area contributed by atoms with Crippen LogP contribution in [0.1, 0.15) is 36.5 Å². The Labute approximate surface area is 139 Å². The predicted molar refractivity (Wildman–Crippen MR) is 89.4 cm³/mol.